The lowest BCUT2D eigenvalue weighted by molar-refractivity contribution is -0.0626. The zero-order chi connectivity index (χ0) is 10.4. The average Bonchev–Trinajstić information content (AvgIpc) is 2.11. The second-order valence-corrected chi connectivity index (χ2v) is 4.43. The molecule has 1 rings (SSSR count). The van der Waals surface area contributed by atoms with E-state index in [0.717, 1.165) is 32.4 Å². The molecule has 0 saturated carbocycles. The summed E-state index contributed by atoms with van der Waals surface area (Å²) in [6, 6.07) is 0.609. The molecule has 14 heavy (non-hydrogen) atoms. The van der Waals surface area contributed by atoms with Crippen LogP contribution in [0.3, 0.4) is 0 Å². The summed E-state index contributed by atoms with van der Waals surface area (Å²) in [4.78, 5) is 0. The Morgan fingerprint density at radius 3 is 2.93 bits per heavy atom. The van der Waals surface area contributed by atoms with Crippen LogP contribution in [0.15, 0.2) is 0 Å². The normalized spacial score (nSPS) is 25.2. The molecule has 0 aromatic heterocycles. The Morgan fingerprint density at radius 1 is 1.50 bits per heavy atom. The van der Waals surface area contributed by atoms with Crippen molar-refractivity contribution in [3.63, 3.8) is 0 Å². The van der Waals surface area contributed by atoms with Gasteiger partial charge in [0.1, 0.15) is 0 Å². The highest BCUT2D eigenvalue weighted by molar-refractivity contribution is 4.95. The fourth-order valence-corrected chi connectivity index (χ4v) is 1.87. The maximum Gasteiger partial charge on any atom is 0.0641 e. The molecule has 0 spiro atoms. The molecule has 80 valence electrons. The largest absolute Gasteiger partial charge is 0.375 e. The maximum atomic E-state index is 5.66. The van der Waals surface area contributed by atoms with Crippen molar-refractivity contribution >= 4 is 0 Å². The van der Waals surface area contributed by atoms with Gasteiger partial charge < -0.3 is 10.1 Å². The van der Waals surface area contributed by atoms with E-state index < -0.39 is 0 Å². The van der Waals surface area contributed by atoms with Gasteiger partial charge in [0.15, 0.2) is 0 Å². The van der Waals surface area contributed by atoms with E-state index in [1.54, 1.807) is 0 Å². The number of hydrogen-bond donors (Lipinski definition) is 1. The van der Waals surface area contributed by atoms with Crippen LogP contribution in [0, 0.1) is 11.8 Å². The summed E-state index contributed by atoms with van der Waals surface area (Å²) in [5.41, 5.74) is 0.0480. The number of nitrogens with one attached hydrogen (secondary N) is 1. The highest BCUT2D eigenvalue weighted by Crippen LogP contribution is 2.23. The molecule has 1 unspecified atom stereocenters. The molecule has 1 aliphatic heterocycles. The third kappa shape index (κ3) is 4.13. The second kappa shape index (κ2) is 5.38. The Balaban J connectivity index is 2.20. The van der Waals surface area contributed by atoms with E-state index in [0.29, 0.717) is 6.04 Å². The molecule has 2 nitrogen and oxygen atoms in total. The Hall–Kier alpha value is -0.520. The molecule has 1 N–H and O–H groups in total. The van der Waals surface area contributed by atoms with Crippen LogP contribution in [0.1, 0.15) is 40.0 Å². The minimum Gasteiger partial charge on any atom is -0.375 e. The van der Waals surface area contributed by atoms with Gasteiger partial charge >= 0.3 is 0 Å². The fraction of sp³-hybridized carbons (Fsp3) is 0.833. The molecule has 1 aliphatic rings. The van der Waals surface area contributed by atoms with Gasteiger partial charge in [-0.3, -0.25) is 0 Å². The van der Waals surface area contributed by atoms with Gasteiger partial charge in [-0.25, -0.2) is 0 Å². The second-order valence-electron chi connectivity index (χ2n) is 4.43. The molecular formula is C12H21NO. The van der Waals surface area contributed by atoms with E-state index in [2.05, 4.69) is 31.0 Å². The van der Waals surface area contributed by atoms with Crippen molar-refractivity contribution in [2.24, 2.45) is 0 Å². The minimum absolute atomic E-state index is 0.0480. The standard InChI is InChI=1S/C12H21NO/c1-4-5-6-8-13-11-7-9-14-12(2,3)10-11/h11,13H,6-10H2,1-3H3. The Kier molecular flexibility index (Phi) is 4.44. The number of hydrogen-bond acceptors (Lipinski definition) is 2. The van der Waals surface area contributed by atoms with Gasteiger partial charge in [-0.1, -0.05) is 0 Å². The molecule has 1 fully saturated rings. The van der Waals surface area contributed by atoms with Crippen LogP contribution in [0.2, 0.25) is 0 Å². The van der Waals surface area contributed by atoms with E-state index >= 15 is 0 Å². The van der Waals surface area contributed by atoms with Gasteiger partial charge in [-0.2, -0.15) is 0 Å². The lowest BCUT2D eigenvalue weighted by Crippen LogP contribution is -2.43. The molecule has 1 heterocycles. The van der Waals surface area contributed by atoms with Crippen LogP contribution in [0.4, 0.5) is 0 Å². The van der Waals surface area contributed by atoms with Crippen LogP contribution in [0.25, 0.3) is 0 Å². The Morgan fingerprint density at radius 2 is 2.29 bits per heavy atom. The van der Waals surface area contributed by atoms with Crippen LogP contribution in [-0.2, 0) is 4.74 Å². The zero-order valence-electron chi connectivity index (χ0n) is 9.52. The summed E-state index contributed by atoms with van der Waals surface area (Å²) in [6.45, 7) is 8.09. The highest BCUT2D eigenvalue weighted by atomic mass is 16.5. The summed E-state index contributed by atoms with van der Waals surface area (Å²) in [7, 11) is 0. The van der Waals surface area contributed by atoms with Crippen LogP contribution >= 0.6 is 0 Å². The Bertz CT molecular complexity index is 224. The van der Waals surface area contributed by atoms with E-state index in [1.165, 1.54) is 0 Å². The third-order valence-electron chi connectivity index (χ3n) is 2.56. The predicted octanol–water partition coefficient (Wildman–Crippen LogP) is 1.95. The molecule has 0 aromatic carbocycles. The summed E-state index contributed by atoms with van der Waals surface area (Å²) in [6.07, 6.45) is 3.18. The molecule has 0 aromatic rings. The molecule has 1 atom stereocenters. The summed E-state index contributed by atoms with van der Waals surface area (Å²) in [5.74, 6) is 5.97. The lowest BCUT2D eigenvalue weighted by atomic mass is 9.94. The van der Waals surface area contributed by atoms with Gasteiger partial charge in [-0.05, 0) is 33.6 Å². The Labute approximate surface area is 87.4 Å². The first kappa shape index (κ1) is 11.6. The molecule has 0 bridgehead atoms. The number of ether oxygens (including phenoxy) is 1. The monoisotopic (exact) mass is 195 g/mol. The fourth-order valence-electron chi connectivity index (χ4n) is 1.87. The van der Waals surface area contributed by atoms with Crippen molar-refractivity contribution in [1.29, 1.82) is 0 Å². The van der Waals surface area contributed by atoms with Gasteiger partial charge in [0.25, 0.3) is 0 Å². The van der Waals surface area contributed by atoms with Crippen LogP contribution in [0.5, 0.6) is 0 Å². The van der Waals surface area contributed by atoms with Gasteiger partial charge in [0.2, 0.25) is 0 Å². The summed E-state index contributed by atoms with van der Waals surface area (Å²) < 4.78 is 5.66. The predicted molar refractivity (Wildman–Crippen MR) is 59.1 cm³/mol. The van der Waals surface area contributed by atoms with Gasteiger partial charge in [0, 0.05) is 25.6 Å². The molecule has 0 radical (unpaired) electrons. The van der Waals surface area contributed by atoms with Crippen LogP contribution in [-0.4, -0.2) is 24.8 Å². The maximum absolute atomic E-state index is 5.66. The highest BCUT2D eigenvalue weighted by Gasteiger charge is 2.27. The van der Waals surface area contributed by atoms with E-state index in [-0.39, 0.29) is 5.60 Å². The average molecular weight is 195 g/mol. The van der Waals surface area contributed by atoms with E-state index in [1.807, 2.05) is 6.92 Å². The van der Waals surface area contributed by atoms with Gasteiger partial charge in [-0.15, -0.1) is 11.8 Å². The van der Waals surface area contributed by atoms with Gasteiger partial charge in [0.05, 0.1) is 5.60 Å². The first-order valence-electron chi connectivity index (χ1n) is 5.41. The van der Waals surface area contributed by atoms with E-state index in [4.69, 9.17) is 4.74 Å². The molecule has 1 saturated heterocycles. The SMILES string of the molecule is CC#CCCNC1CCOC(C)(C)C1. The summed E-state index contributed by atoms with van der Waals surface area (Å²) in [5, 5.41) is 3.53. The van der Waals surface area contributed by atoms with Crippen molar-refractivity contribution in [3.05, 3.63) is 0 Å². The molecule has 0 aliphatic carbocycles. The van der Waals surface area contributed by atoms with Crippen molar-refractivity contribution in [2.45, 2.75) is 51.7 Å². The van der Waals surface area contributed by atoms with Crippen molar-refractivity contribution < 1.29 is 4.74 Å². The molecule has 2 heteroatoms. The first-order valence-corrected chi connectivity index (χ1v) is 5.41. The van der Waals surface area contributed by atoms with Crippen molar-refractivity contribution in [2.75, 3.05) is 13.2 Å². The van der Waals surface area contributed by atoms with Crippen molar-refractivity contribution in [1.82, 2.24) is 5.32 Å². The summed E-state index contributed by atoms with van der Waals surface area (Å²) >= 11 is 0. The third-order valence-corrected chi connectivity index (χ3v) is 2.56. The van der Waals surface area contributed by atoms with E-state index in [9.17, 15) is 0 Å². The molecule has 0 amide bonds. The van der Waals surface area contributed by atoms with Crippen LogP contribution < -0.4 is 5.32 Å². The zero-order valence-corrected chi connectivity index (χ0v) is 9.52. The molecular weight excluding hydrogens is 174 g/mol. The van der Waals surface area contributed by atoms with Crippen molar-refractivity contribution in [3.8, 4) is 11.8 Å². The quantitative estimate of drug-likeness (QED) is 0.549. The smallest absolute Gasteiger partial charge is 0.0641 e. The topological polar surface area (TPSA) is 21.3 Å². The first-order chi connectivity index (χ1) is 6.64. The number of rotatable bonds is 3. The minimum atomic E-state index is 0.0480. The lowest BCUT2D eigenvalue weighted by Gasteiger charge is -2.35.